The molecule has 4 rings (SSSR count). The van der Waals surface area contributed by atoms with Gasteiger partial charge in [-0.2, -0.15) is 4.57 Å². The van der Waals surface area contributed by atoms with E-state index in [1.807, 2.05) is 11.8 Å². The van der Waals surface area contributed by atoms with E-state index < -0.39 is 0 Å². The van der Waals surface area contributed by atoms with Gasteiger partial charge in [-0.15, -0.1) is 0 Å². The first-order valence-corrected chi connectivity index (χ1v) is 12.6. The number of fused-ring (bicyclic) bond motifs is 2. The van der Waals surface area contributed by atoms with Crippen LogP contribution >= 0.6 is 11.8 Å². The molecule has 2 heterocycles. The molecular weight excluding hydrogens is 426 g/mol. The number of pyridine rings is 1. The molecule has 0 atom stereocenters. The number of para-hydroxylation sites is 2. The Balaban J connectivity index is 1.49. The van der Waals surface area contributed by atoms with Crippen LogP contribution in [0.15, 0.2) is 70.7 Å². The van der Waals surface area contributed by atoms with Gasteiger partial charge < -0.3 is 14.2 Å². The molecule has 0 fully saturated rings. The molecule has 0 unspecified atom stereocenters. The lowest BCUT2D eigenvalue weighted by atomic mass is 10.1. The van der Waals surface area contributed by atoms with Crippen molar-refractivity contribution in [2.45, 2.75) is 37.6 Å². The van der Waals surface area contributed by atoms with E-state index in [9.17, 15) is 4.79 Å². The zero-order valence-electron chi connectivity index (χ0n) is 20.3. The summed E-state index contributed by atoms with van der Waals surface area (Å²) < 4.78 is 3.34. The van der Waals surface area contributed by atoms with Crippen molar-refractivity contribution in [1.29, 1.82) is 0 Å². The van der Waals surface area contributed by atoms with E-state index in [2.05, 4.69) is 97.5 Å². The van der Waals surface area contributed by atoms with Crippen LogP contribution in [0.3, 0.4) is 0 Å². The van der Waals surface area contributed by atoms with E-state index in [0.29, 0.717) is 6.42 Å². The molecular formula is C28H35N3OS+2. The van der Waals surface area contributed by atoms with Crippen LogP contribution in [0, 0.1) is 0 Å². The molecule has 3 aromatic rings. The third-order valence-electron chi connectivity index (χ3n) is 6.46. The topological polar surface area (TPSA) is 24.2 Å². The molecule has 4 nitrogen and oxygen atoms in total. The monoisotopic (exact) mass is 461 g/mol. The van der Waals surface area contributed by atoms with Crippen molar-refractivity contribution in [3.8, 4) is 0 Å². The number of rotatable bonds is 9. The van der Waals surface area contributed by atoms with Crippen LogP contribution in [0.25, 0.3) is 17.0 Å². The molecule has 0 bridgehead atoms. The highest BCUT2D eigenvalue weighted by atomic mass is 32.2. The number of hydrogen-bond acceptors (Lipinski definition) is 3. The Labute approximate surface area is 202 Å². The van der Waals surface area contributed by atoms with E-state index in [0.717, 1.165) is 37.0 Å². The number of Topliss-reactive ketones (excluding diaryl/α,β-unsaturated/α-hetero) is 1. The minimum Gasteiger partial charge on any atom is -0.338 e. The summed E-state index contributed by atoms with van der Waals surface area (Å²) in [5.74, 6) is 0.290. The van der Waals surface area contributed by atoms with Crippen LogP contribution in [-0.2, 0) is 11.3 Å². The number of quaternary nitrogens is 1. The Kier molecular flexibility index (Phi) is 7.20. The molecule has 0 spiro atoms. The molecule has 0 saturated heterocycles. The Morgan fingerprint density at radius 2 is 1.76 bits per heavy atom. The fourth-order valence-electron chi connectivity index (χ4n) is 4.55. The van der Waals surface area contributed by atoms with Gasteiger partial charge >= 0.3 is 0 Å². The summed E-state index contributed by atoms with van der Waals surface area (Å²) >= 11 is 1.83. The van der Waals surface area contributed by atoms with Gasteiger partial charge in [0.15, 0.2) is 12.7 Å². The van der Waals surface area contributed by atoms with Gasteiger partial charge in [0.05, 0.1) is 49.7 Å². The summed E-state index contributed by atoms with van der Waals surface area (Å²) in [6.07, 6.45) is 7.31. The second kappa shape index (κ2) is 10.1. The molecule has 0 radical (unpaired) electrons. The van der Waals surface area contributed by atoms with Crippen molar-refractivity contribution in [3.05, 3.63) is 71.4 Å². The summed E-state index contributed by atoms with van der Waals surface area (Å²) in [4.78, 5) is 14.8. The van der Waals surface area contributed by atoms with Crippen molar-refractivity contribution in [2.24, 2.45) is 0 Å². The SMILES string of the molecule is CC(=O)CCC[N+](C)(C)CCC[n+]1ccc(/C=C2\Sc3ccccc3N2C)c2ccccc21. The maximum atomic E-state index is 11.2. The number of nitrogens with zero attached hydrogens (tertiary/aromatic N) is 3. The third-order valence-corrected chi connectivity index (χ3v) is 7.63. The molecule has 0 N–H and O–H groups in total. The van der Waals surface area contributed by atoms with Gasteiger partial charge in [-0.05, 0) is 36.8 Å². The minimum absolute atomic E-state index is 0.290. The Morgan fingerprint density at radius 3 is 2.55 bits per heavy atom. The third kappa shape index (κ3) is 5.66. The lowest BCUT2D eigenvalue weighted by Crippen LogP contribution is -2.44. The molecule has 0 saturated carbocycles. The maximum Gasteiger partial charge on any atom is 0.213 e. The maximum absolute atomic E-state index is 11.2. The fraction of sp³-hybridized carbons (Fsp3) is 0.357. The van der Waals surface area contributed by atoms with Crippen LogP contribution in [0.4, 0.5) is 5.69 Å². The zero-order chi connectivity index (χ0) is 23.4. The lowest BCUT2D eigenvalue weighted by molar-refractivity contribution is -0.892. The van der Waals surface area contributed by atoms with E-state index in [4.69, 9.17) is 0 Å². The first-order chi connectivity index (χ1) is 15.8. The number of anilines is 1. The molecule has 2 aromatic carbocycles. The molecule has 1 aliphatic rings. The number of carbonyl (C=O) groups excluding carboxylic acids is 1. The van der Waals surface area contributed by atoms with Crippen LogP contribution in [0.1, 0.15) is 31.7 Å². The summed E-state index contributed by atoms with van der Waals surface area (Å²) in [5.41, 5.74) is 3.80. The number of aryl methyl sites for hydroxylation is 1. The molecule has 172 valence electrons. The quantitative estimate of drug-likeness (QED) is 0.310. The second-order valence-corrected chi connectivity index (χ2v) is 10.7. The smallest absolute Gasteiger partial charge is 0.213 e. The van der Waals surface area contributed by atoms with E-state index in [1.54, 1.807) is 6.92 Å². The average Bonchev–Trinajstić information content (AvgIpc) is 3.10. The first-order valence-electron chi connectivity index (χ1n) is 11.8. The van der Waals surface area contributed by atoms with Crippen molar-refractivity contribution >= 4 is 40.2 Å². The Morgan fingerprint density at radius 1 is 1.03 bits per heavy atom. The van der Waals surface area contributed by atoms with Crippen LogP contribution in [0.2, 0.25) is 0 Å². The molecule has 0 amide bonds. The van der Waals surface area contributed by atoms with Gasteiger partial charge in [0.25, 0.3) is 0 Å². The van der Waals surface area contributed by atoms with Crippen LogP contribution in [0.5, 0.6) is 0 Å². The molecule has 0 aliphatic carbocycles. The van der Waals surface area contributed by atoms with Gasteiger partial charge in [0.1, 0.15) is 5.78 Å². The highest BCUT2D eigenvalue weighted by Gasteiger charge is 2.22. The highest BCUT2D eigenvalue weighted by Crippen LogP contribution is 2.45. The summed E-state index contributed by atoms with van der Waals surface area (Å²) in [6, 6.07) is 19.5. The van der Waals surface area contributed by atoms with E-state index in [1.165, 1.54) is 32.1 Å². The van der Waals surface area contributed by atoms with Crippen molar-refractivity contribution < 1.29 is 13.8 Å². The molecule has 33 heavy (non-hydrogen) atoms. The number of ketones is 1. The minimum atomic E-state index is 0.290. The second-order valence-electron chi connectivity index (χ2n) is 9.64. The highest BCUT2D eigenvalue weighted by molar-refractivity contribution is 8.03. The normalized spacial score (nSPS) is 14.8. The van der Waals surface area contributed by atoms with Gasteiger partial charge in [0.2, 0.25) is 5.52 Å². The molecule has 1 aromatic heterocycles. The van der Waals surface area contributed by atoms with Crippen LogP contribution < -0.4 is 9.47 Å². The van der Waals surface area contributed by atoms with Crippen LogP contribution in [-0.4, -0.2) is 44.5 Å². The zero-order valence-corrected chi connectivity index (χ0v) is 21.1. The van der Waals surface area contributed by atoms with Gasteiger partial charge in [0, 0.05) is 36.9 Å². The van der Waals surface area contributed by atoms with Crippen molar-refractivity contribution in [2.75, 3.05) is 39.1 Å². The number of carbonyl (C=O) groups is 1. The van der Waals surface area contributed by atoms with Crippen molar-refractivity contribution in [3.63, 3.8) is 0 Å². The average molecular weight is 462 g/mol. The van der Waals surface area contributed by atoms with Gasteiger partial charge in [-0.1, -0.05) is 36.0 Å². The number of thioether (sulfide) groups is 1. The van der Waals surface area contributed by atoms with Gasteiger partial charge in [-0.3, -0.25) is 0 Å². The summed E-state index contributed by atoms with van der Waals surface area (Å²) in [6.45, 7) is 4.82. The standard InChI is InChI=1S/C28H35N3OS/c1-22(32)11-9-19-31(3,4)20-10-17-30-18-16-23(24-12-5-6-13-25(24)30)21-28-29(2)26-14-7-8-15-27(26)33-28/h5-8,12-16,18,21H,9-11,17,19-20H2,1-4H3/q+2. The summed E-state index contributed by atoms with van der Waals surface area (Å²) in [5, 5.41) is 2.54. The number of aromatic nitrogens is 1. The van der Waals surface area contributed by atoms with Crippen molar-refractivity contribution in [1.82, 2.24) is 0 Å². The Hall–Kier alpha value is -2.63. The lowest BCUT2D eigenvalue weighted by Gasteiger charge is -2.29. The number of benzene rings is 2. The first kappa shape index (κ1) is 23.5. The largest absolute Gasteiger partial charge is 0.338 e. The Bertz CT molecular complexity index is 1180. The predicted molar refractivity (Wildman–Crippen MR) is 139 cm³/mol. The number of hydrogen-bond donors (Lipinski definition) is 0. The van der Waals surface area contributed by atoms with Gasteiger partial charge in [-0.25, -0.2) is 0 Å². The molecule has 5 heteroatoms. The summed E-state index contributed by atoms with van der Waals surface area (Å²) in [7, 11) is 6.68. The molecule has 1 aliphatic heterocycles. The van der Waals surface area contributed by atoms with E-state index >= 15 is 0 Å². The predicted octanol–water partition coefficient (Wildman–Crippen LogP) is 5.50. The fourth-order valence-corrected chi connectivity index (χ4v) is 5.65. The van der Waals surface area contributed by atoms with E-state index in [-0.39, 0.29) is 5.78 Å².